The average molecular weight is 405 g/mol. The Morgan fingerprint density at radius 2 is 2.14 bits per heavy atom. The standard InChI is InChI=1S/C22H29ClN2O3/c1-13-18-10-14(7-8-22(18,2)21(28)24-13)17-6-5-15(11-19(17)23)20(27)25-9-3-4-16(26)12-25/h5-6,11,13-14,16,18,26H,3-4,7-10,12H2,1-2H3,(H,24,28)/t13-,14-,16?,18-,22-/m1/s1. The van der Waals surface area contributed by atoms with Crippen LogP contribution < -0.4 is 5.32 Å². The highest BCUT2D eigenvalue weighted by Gasteiger charge is 2.53. The highest BCUT2D eigenvalue weighted by Crippen LogP contribution is 2.52. The van der Waals surface area contributed by atoms with Crippen LogP contribution in [0.1, 0.15) is 67.8 Å². The first kappa shape index (κ1) is 19.7. The number of halogens is 1. The molecule has 1 aliphatic carbocycles. The quantitative estimate of drug-likeness (QED) is 0.794. The molecule has 0 bridgehead atoms. The number of fused-ring (bicyclic) bond motifs is 1. The molecule has 0 spiro atoms. The second kappa shape index (κ2) is 7.34. The van der Waals surface area contributed by atoms with E-state index < -0.39 is 6.10 Å². The second-order valence-electron chi connectivity index (χ2n) is 9.04. The summed E-state index contributed by atoms with van der Waals surface area (Å²) in [4.78, 5) is 26.8. The molecule has 28 heavy (non-hydrogen) atoms. The van der Waals surface area contributed by atoms with E-state index in [-0.39, 0.29) is 23.3 Å². The van der Waals surface area contributed by atoms with Gasteiger partial charge in [-0.25, -0.2) is 0 Å². The first-order chi connectivity index (χ1) is 13.3. The topological polar surface area (TPSA) is 69.6 Å². The van der Waals surface area contributed by atoms with Gasteiger partial charge in [-0.15, -0.1) is 0 Å². The molecule has 152 valence electrons. The number of benzene rings is 1. The minimum Gasteiger partial charge on any atom is -0.391 e. The molecule has 0 aromatic heterocycles. The van der Waals surface area contributed by atoms with Gasteiger partial charge in [0.1, 0.15) is 0 Å². The van der Waals surface area contributed by atoms with Crippen molar-refractivity contribution in [2.75, 3.05) is 13.1 Å². The second-order valence-corrected chi connectivity index (χ2v) is 9.45. The maximum absolute atomic E-state index is 12.8. The highest BCUT2D eigenvalue weighted by molar-refractivity contribution is 6.31. The molecular weight excluding hydrogens is 376 g/mol. The van der Waals surface area contributed by atoms with Crippen molar-refractivity contribution in [3.05, 3.63) is 34.3 Å². The van der Waals surface area contributed by atoms with Gasteiger partial charge in [0.2, 0.25) is 5.91 Å². The predicted octanol–water partition coefficient (Wildman–Crippen LogP) is 3.35. The minimum absolute atomic E-state index is 0.0670. The smallest absolute Gasteiger partial charge is 0.253 e. The van der Waals surface area contributed by atoms with Gasteiger partial charge in [-0.05, 0) is 68.6 Å². The minimum atomic E-state index is -0.436. The normalized spacial score (nSPS) is 35.4. The molecule has 5 atom stereocenters. The van der Waals surface area contributed by atoms with Crippen LogP contribution in [0.5, 0.6) is 0 Å². The lowest BCUT2D eigenvalue weighted by Crippen LogP contribution is -2.42. The number of carbonyl (C=O) groups is 2. The summed E-state index contributed by atoms with van der Waals surface area (Å²) in [6.07, 6.45) is 3.86. The van der Waals surface area contributed by atoms with Gasteiger partial charge in [-0.2, -0.15) is 0 Å². The van der Waals surface area contributed by atoms with Crippen LogP contribution in [0, 0.1) is 11.3 Å². The van der Waals surface area contributed by atoms with Gasteiger partial charge in [-0.3, -0.25) is 9.59 Å². The molecule has 0 radical (unpaired) electrons. The lowest BCUT2D eigenvalue weighted by atomic mass is 9.63. The number of carbonyl (C=O) groups excluding carboxylic acids is 2. The van der Waals surface area contributed by atoms with Crippen molar-refractivity contribution < 1.29 is 14.7 Å². The van der Waals surface area contributed by atoms with Crippen LogP contribution in [0.2, 0.25) is 5.02 Å². The van der Waals surface area contributed by atoms with Crippen LogP contribution in [-0.2, 0) is 4.79 Å². The number of likely N-dealkylation sites (tertiary alicyclic amines) is 1. The van der Waals surface area contributed by atoms with Crippen LogP contribution in [0.4, 0.5) is 0 Å². The largest absolute Gasteiger partial charge is 0.391 e. The third kappa shape index (κ3) is 3.33. The van der Waals surface area contributed by atoms with E-state index in [0.717, 1.165) is 37.7 Å². The molecular formula is C22H29ClN2O3. The van der Waals surface area contributed by atoms with E-state index in [1.54, 1.807) is 11.0 Å². The number of β-amino-alcohol motifs (C(OH)–C–C–N with tert-alkyl or cyclic N) is 1. The number of aliphatic hydroxyl groups excluding tert-OH is 1. The molecule has 1 saturated carbocycles. The van der Waals surface area contributed by atoms with Crippen LogP contribution in [0.25, 0.3) is 0 Å². The lowest BCUT2D eigenvalue weighted by Gasteiger charge is -2.39. The molecule has 6 heteroatoms. The summed E-state index contributed by atoms with van der Waals surface area (Å²) in [5.74, 6) is 0.731. The predicted molar refractivity (Wildman–Crippen MR) is 108 cm³/mol. The number of piperidine rings is 1. The van der Waals surface area contributed by atoms with Crippen molar-refractivity contribution in [3.8, 4) is 0 Å². The number of nitrogens with zero attached hydrogens (tertiary/aromatic N) is 1. The summed E-state index contributed by atoms with van der Waals surface area (Å²) >= 11 is 6.61. The van der Waals surface area contributed by atoms with E-state index in [1.165, 1.54) is 0 Å². The van der Waals surface area contributed by atoms with Crippen LogP contribution >= 0.6 is 11.6 Å². The first-order valence-electron chi connectivity index (χ1n) is 10.4. The third-order valence-corrected chi connectivity index (χ3v) is 7.55. The van der Waals surface area contributed by atoms with Gasteiger partial charge in [0, 0.05) is 29.7 Å². The zero-order chi connectivity index (χ0) is 20.1. The lowest BCUT2D eigenvalue weighted by molar-refractivity contribution is -0.129. The Hall–Kier alpha value is -1.59. The Balaban J connectivity index is 1.51. The number of nitrogens with one attached hydrogen (secondary N) is 1. The van der Waals surface area contributed by atoms with Gasteiger partial charge in [-0.1, -0.05) is 24.6 Å². The zero-order valence-electron chi connectivity index (χ0n) is 16.6. The summed E-state index contributed by atoms with van der Waals surface area (Å²) in [6, 6.07) is 5.80. The molecule has 2 saturated heterocycles. The number of amides is 2. The van der Waals surface area contributed by atoms with Crippen molar-refractivity contribution in [1.82, 2.24) is 10.2 Å². The zero-order valence-corrected chi connectivity index (χ0v) is 17.3. The van der Waals surface area contributed by atoms with Crippen LogP contribution in [0.3, 0.4) is 0 Å². The van der Waals surface area contributed by atoms with Crippen LogP contribution in [0.15, 0.2) is 18.2 Å². The Kier molecular flexibility index (Phi) is 5.17. The molecule has 1 aromatic carbocycles. The van der Waals surface area contributed by atoms with Crippen molar-refractivity contribution in [2.24, 2.45) is 11.3 Å². The Labute approximate surface area is 171 Å². The molecule has 2 aliphatic heterocycles. The Morgan fingerprint density at radius 1 is 1.36 bits per heavy atom. The number of hydrogen-bond donors (Lipinski definition) is 2. The molecule has 2 amide bonds. The van der Waals surface area contributed by atoms with Crippen LogP contribution in [-0.4, -0.2) is 47.1 Å². The Morgan fingerprint density at radius 3 is 2.86 bits per heavy atom. The van der Waals surface area contributed by atoms with Crippen molar-refractivity contribution >= 4 is 23.4 Å². The van der Waals surface area contributed by atoms with Gasteiger partial charge >= 0.3 is 0 Å². The number of rotatable bonds is 2. The maximum atomic E-state index is 12.8. The summed E-state index contributed by atoms with van der Waals surface area (Å²) in [7, 11) is 0. The molecule has 2 heterocycles. The van der Waals surface area contributed by atoms with E-state index in [2.05, 4.69) is 19.2 Å². The molecule has 4 rings (SSSR count). The van der Waals surface area contributed by atoms with Gasteiger partial charge < -0.3 is 15.3 Å². The highest BCUT2D eigenvalue weighted by atomic mass is 35.5. The fourth-order valence-electron chi connectivity index (χ4n) is 5.45. The van der Waals surface area contributed by atoms with Gasteiger partial charge in [0.05, 0.1) is 11.5 Å². The van der Waals surface area contributed by atoms with Gasteiger partial charge in [0.25, 0.3) is 5.91 Å². The monoisotopic (exact) mass is 404 g/mol. The molecule has 3 fully saturated rings. The van der Waals surface area contributed by atoms with Gasteiger partial charge in [0.15, 0.2) is 0 Å². The first-order valence-corrected chi connectivity index (χ1v) is 10.7. The van der Waals surface area contributed by atoms with E-state index in [1.807, 2.05) is 12.1 Å². The fourth-order valence-corrected chi connectivity index (χ4v) is 5.78. The van der Waals surface area contributed by atoms with Crippen molar-refractivity contribution in [3.63, 3.8) is 0 Å². The third-order valence-electron chi connectivity index (χ3n) is 7.22. The SMILES string of the molecule is C[C@H]1NC(=O)[C@]2(C)CC[C@@H](c3ccc(C(=O)N4CCCC(O)C4)cc3Cl)C[C@H]12. The Bertz CT molecular complexity index is 798. The number of aliphatic hydroxyl groups is 1. The summed E-state index contributed by atoms with van der Waals surface area (Å²) in [6.45, 7) is 5.24. The molecule has 3 aliphatic rings. The molecule has 1 aromatic rings. The fraction of sp³-hybridized carbons (Fsp3) is 0.636. The average Bonchev–Trinajstić information content (AvgIpc) is 2.89. The summed E-state index contributed by atoms with van der Waals surface area (Å²) < 4.78 is 0. The van der Waals surface area contributed by atoms with E-state index in [9.17, 15) is 14.7 Å². The molecule has 1 unspecified atom stereocenters. The van der Waals surface area contributed by atoms with E-state index >= 15 is 0 Å². The molecule has 5 nitrogen and oxygen atoms in total. The van der Waals surface area contributed by atoms with Crippen molar-refractivity contribution in [2.45, 2.75) is 64.0 Å². The molecule has 2 N–H and O–H groups in total. The number of hydrogen-bond acceptors (Lipinski definition) is 3. The summed E-state index contributed by atoms with van der Waals surface area (Å²) in [5, 5.41) is 13.6. The van der Waals surface area contributed by atoms with Crippen molar-refractivity contribution in [1.29, 1.82) is 0 Å². The summed E-state index contributed by atoms with van der Waals surface area (Å²) in [5.41, 5.74) is 1.38. The van der Waals surface area contributed by atoms with E-state index in [0.29, 0.717) is 35.5 Å². The maximum Gasteiger partial charge on any atom is 0.253 e. The van der Waals surface area contributed by atoms with E-state index in [4.69, 9.17) is 11.6 Å².